The van der Waals surface area contributed by atoms with E-state index in [2.05, 4.69) is 126 Å². The van der Waals surface area contributed by atoms with E-state index in [9.17, 15) is 0 Å². The van der Waals surface area contributed by atoms with Crippen LogP contribution in [-0.4, -0.2) is 4.98 Å². The van der Waals surface area contributed by atoms with Crippen LogP contribution in [-0.2, 0) is 0 Å². The fourth-order valence-corrected chi connectivity index (χ4v) is 5.63. The first-order valence-electron chi connectivity index (χ1n) is 13.5. The number of hydrogen-bond donors (Lipinski definition) is 0. The molecule has 0 fully saturated rings. The van der Waals surface area contributed by atoms with Crippen LogP contribution in [0.5, 0.6) is 0 Å². The van der Waals surface area contributed by atoms with Crippen LogP contribution in [0.4, 0.5) is 17.1 Å². The molecule has 7 aromatic carbocycles. The number of hydrogen-bond acceptors (Lipinski definition) is 3. The van der Waals surface area contributed by atoms with Gasteiger partial charge in [0.05, 0.1) is 11.3 Å². The highest BCUT2D eigenvalue weighted by Crippen LogP contribution is 2.44. The molecular formula is C37H24N2O. The molecule has 0 atom stereocenters. The molecule has 0 radical (unpaired) electrons. The van der Waals surface area contributed by atoms with Crippen LogP contribution in [0, 0.1) is 0 Å². The third kappa shape index (κ3) is 3.79. The SMILES string of the molecule is c1ccc2cc(N(c3ccc4ccccc4c3)c3cc4ccccc4cc3-c3nc4ccccc4o3)ccc2c1. The van der Waals surface area contributed by atoms with Crippen molar-refractivity contribution < 1.29 is 4.42 Å². The molecule has 188 valence electrons. The van der Waals surface area contributed by atoms with Gasteiger partial charge in [-0.1, -0.05) is 97.1 Å². The summed E-state index contributed by atoms with van der Waals surface area (Å²) in [4.78, 5) is 7.26. The summed E-state index contributed by atoms with van der Waals surface area (Å²) in [5.74, 6) is 0.605. The first-order chi connectivity index (χ1) is 19.8. The van der Waals surface area contributed by atoms with E-state index in [0.29, 0.717) is 5.89 Å². The van der Waals surface area contributed by atoms with Gasteiger partial charge in [0, 0.05) is 11.4 Å². The lowest BCUT2D eigenvalue weighted by atomic mass is 10.0. The average Bonchev–Trinajstić information content (AvgIpc) is 3.45. The minimum atomic E-state index is 0.605. The van der Waals surface area contributed by atoms with Gasteiger partial charge in [0.25, 0.3) is 0 Å². The van der Waals surface area contributed by atoms with Crippen molar-refractivity contribution in [3.63, 3.8) is 0 Å². The standard InChI is InChI=1S/C37H24N2O/c1-3-11-27-21-31(19-17-25(27)9-1)39(32-20-18-26-10-2-4-12-28(26)22-32)35-24-30-14-6-5-13-29(30)23-33(35)37-38-34-15-7-8-16-36(34)40-37/h1-24H. The molecule has 0 amide bonds. The topological polar surface area (TPSA) is 29.3 Å². The fraction of sp³-hybridized carbons (Fsp3) is 0. The van der Waals surface area contributed by atoms with Crippen molar-refractivity contribution in [2.24, 2.45) is 0 Å². The molecule has 0 saturated carbocycles. The normalized spacial score (nSPS) is 11.5. The number of fused-ring (bicyclic) bond motifs is 4. The van der Waals surface area contributed by atoms with E-state index in [1.807, 2.05) is 24.3 Å². The van der Waals surface area contributed by atoms with Gasteiger partial charge in [-0.2, -0.15) is 0 Å². The average molecular weight is 513 g/mol. The smallest absolute Gasteiger partial charge is 0.229 e. The van der Waals surface area contributed by atoms with E-state index >= 15 is 0 Å². The summed E-state index contributed by atoms with van der Waals surface area (Å²) in [6.45, 7) is 0. The second-order valence-corrected chi connectivity index (χ2v) is 10.1. The zero-order valence-electron chi connectivity index (χ0n) is 21.7. The van der Waals surface area contributed by atoms with E-state index in [1.165, 1.54) is 21.5 Å². The number of rotatable bonds is 4. The van der Waals surface area contributed by atoms with Crippen LogP contribution in [0.25, 0.3) is 54.9 Å². The fourth-order valence-electron chi connectivity index (χ4n) is 5.63. The summed E-state index contributed by atoms with van der Waals surface area (Å²) in [6, 6.07) is 51.1. The maximum absolute atomic E-state index is 6.37. The van der Waals surface area contributed by atoms with Crippen LogP contribution in [0.1, 0.15) is 0 Å². The molecule has 0 aliphatic carbocycles. The molecule has 0 aliphatic rings. The number of benzene rings is 7. The molecule has 3 heteroatoms. The molecule has 0 bridgehead atoms. The number of oxazole rings is 1. The van der Waals surface area contributed by atoms with Crippen LogP contribution in [0.15, 0.2) is 150 Å². The lowest BCUT2D eigenvalue weighted by Gasteiger charge is -2.28. The zero-order chi connectivity index (χ0) is 26.5. The second-order valence-electron chi connectivity index (χ2n) is 10.1. The van der Waals surface area contributed by atoms with Gasteiger partial charge in [0.1, 0.15) is 5.52 Å². The molecule has 40 heavy (non-hydrogen) atoms. The maximum Gasteiger partial charge on any atom is 0.229 e. The van der Waals surface area contributed by atoms with Crippen molar-refractivity contribution in [3.8, 4) is 11.5 Å². The molecule has 1 heterocycles. The summed E-state index contributed by atoms with van der Waals surface area (Å²) in [5, 5.41) is 7.10. The van der Waals surface area contributed by atoms with Gasteiger partial charge in [0.2, 0.25) is 5.89 Å². The number of para-hydroxylation sites is 2. The second kappa shape index (κ2) is 9.11. The monoisotopic (exact) mass is 512 g/mol. The molecular weight excluding hydrogens is 488 g/mol. The van der Waals surface area contributed by atoms with Crippen molar-refractivity contribution in [1.82, 2.24) is 4.98 Å². The van der Waals surface area contributed by atoms with Crippen molar-refractivity contribution >= 4 is 60.5 Å². The molecule has 3 nitrogen and oxygen atoms in total. The van der Waals surface area contributed by atoms with Crippen LogP contribution >= 0.6 is 0 Å². The molecule has 0 saturated heterocycles. The highest BCUT2D eigenvalue weighted by molar-refractivity contribution is 6.00. The van der Waals surface area contributed by atoms with Gasteiger partial charge in [-0.3, -0.25) is 0 Å². The van der Waals surface area contributed by atoms with Crippen LogP contribution < -0.4 is 4.90 Å². The molecule has 1 aromatic heterocycles. The van der Waals surface area contributed by atoms with Crippen LogP contribution in [0.3, 0.4) is 0 Å². The minimum Gasteiger partial charge on any atom is -0.436 e. The Morgan fingerprint density at radius 3 is 1.55 bits per heavy atom. The molecule has 8 aromatic rings. The predicted octanol–water partition coefficient (Wildman–Crippen LogP) is 10.4. The Labute approximate surface area is 231 Å². The Morgan fingerprint density at radius 1 is 0.450 bits per heavy atom. The first kappa shape index (κ1) is 22.6. The highest BCUT2D eigenvalue weighted by atomic mass is 16.3. The van der Waals surface area contributed by atoms with Crippen molar-refractivity contribution in [3.05, 3.63) is 146 Å². The van der Waals surface area contributed by atoms with E-state index in [-0.39, 0.29) is 0 Å². The van der Waals surface area contributed by atoms with Gasteiger partial charge < -0.3 is 9.32 Å². The summed E-state index contributed by atoms with van der Waals surface area (Å²) >= 11 is 0. The number of anilines is 3. The number of aromatic nitrogens is 1. The van der Waals surface area contributed by atoms with E-state index < -0.39 is 0 Å². The Morgan fingerprint density at radius 2 is 0.950 bits per heavy atom. The summed E-state index contributed by atoms with van der Waals surface area (Å²) in [6.07, 6.45) is 0. The Hall–Kier alpha value is -5.41. The van der Waals surface area contributed by atoms with Crippen molar-refractivity contribution in [2.75, 3.05) is 4.90 Å². The quantitative estimate of drug-likeness (QED) is 0.235. The lowest BCUT2D eigenvalue weighted by Crippen LogP contribution is -2.11. The van der Waals surface area contributed by atoms with Gasteiger partial charge >= 0.3 is 0 Å². The Bertz CT molecular complexity index is 2080. The van der Waals surface area contributed by atoms with E-state index in [0.717, 1.165) is 44.5 Å². The van der Waals surface area contributed by atoms with Gasteiger partial charge in [0.15, 0.2) is 5.58 Å². The predicted molar refractivity (Wildman–Crippen MR) is 167 cm³/mol. The van der Waals surface area contributed by atoms with Crippen molar-refractivity contribution in [1.29, 1.82) is 0 Å². The third-order valence-corrected chi connectivity index (χ3v) is 7.61. The summed E-state index contributed by atoms with van der Waals surface area (Å²) < 4.78 is 6.37. The van der Waals surface area contributed by atoms with E-state index in [4.69, 9.17) is 9.40 Å². The minimum absolute atomic E-state index is 0.605. The largest absolute Gasteiger partial charge is 0.436 e. The molecule has 0 spiro atoms. The Kier molecular flexibility index (Phi) is 5.14. The first-order valence-corrected chi connectivity index (χ1v) is 13.5. The van der Waals surface area contributed by atoms with Crippen molar-refractivity contribution in [2.45, 2.75) is 0 Å². The lowest BCUT2D eigenvalue weighted by molar-refractivity contribution is 0.620. The van der Waals surface area contributed by atoms with E-state index in [1.54, 1.807) is 0 Å². The van der Waals surface area contributed by atoms with Crippen LogP contribution in [0.2, 0.25) is 0 Å². The molecule has 0 unspecified atom stereocenters. The van der Waals surface area contributed by atoms with Gasteiger partial charge in [-0.05, 0) is 80.8 Å². The van der Waals surface area contributed by atoms with Gasteiger partial charge in [-0.15, -0.1) is 0 Å². The molecule has 0 aliphatic heterocycles. The van der Waals surface area contributed by atoms with Gasteiger partial charge in [-0.25, -0.2) is 4.98 Å². The molecule has 0 N–H and O–H groups in total. The Balaban J connectivity index is 1.44. The highest BCUT2D eigenvalue weighted by Gasteiger charge is 2.22. The zero-order valence-corrected chi connectivity index (χ0v) is 21.7. The summed E-state index contributed by atoms with van der Waals surface area (Å²) in [5.41, 5.74) is 5.72. The summed E-state index contributed by atoms with van der Waals surface area (Å²) in [7, 11) is 0. The third-order valence-electron chi connectivity index (χ3n) is 7.61. The molecule has 8 rings (SSSR count). The maximum atomic E-state index is 6.37. The number of nitrogens with zero attached hydrogens (tertiary/aromatic N) is 2.